The number of hydrogen-bond donors (Lipinski definition) is 1. The van der Waals surface area contributed by atoms with E-state index >= 15 is 0 Å². The minimum atomic E-state index is -0.792. The first-order chi connectivity index (χ1) is 9.05. The van der Waals surface area contributed by atoms with Crippen LogP contribution < -0.4 is 0 Å². The SMILES string of the molecule is CCC(C)(CC)COC(C)C(O)COC(=O)C(C)(C)C. The fraction of sp³-hybridized carbons (Fsp3) is 0.938. The fourth-order valence-electron chi connectivity index (χ4n) is 1.41. The Balaban J connectivity index is 4.17. The van der Waals surface area contributed by atoms with Crippen molar-refractivity contribution in [2.75, 3.05) is 13.2 Å². The summed E-state index contributed by atoms with van der Waals surface area (Å²) in [5.41, 5.74) is -0.414. The van der Waals surface area contributed by atoms with E-state index < -0.39 is 11.5 Å². The van der Waals surface area contributed by atoms with Crippen molar-refractivity contribution in [3.63, 3.8) is 0 Å². The fourth-order valence-corrected chi connectivity index (χ4v) is 1.41. The van der Waals surface area contributed by atoms with Crippen LogP contribution in [0, 0.1) is 10.8 Å². The molecular weight excluding hydrogens is 256 g/mol. The summed E-state index contributed by atoms with van der Waals surface area (Å²) in [6, 6.07) is 0. The lowest BCUT2D eigenvalue weighted by Gasteiger charge is -2.29. The molecule has 0 saturated heterocycles. The highest BCUT2D eigenvalue weighted by atomic mass is 16.6. The number of carbonyl (C=O) groups excluding carboxylic acids is 1. The normalized spacial score (nSPS) is 15.8. The first-order valence-corrected chi connectivity index (χ1v) is 7.52. The van der Waals surface area contributed by atoms with E-state index in [2.05, 4.69) is 20.8 Å². The molecule has 0 aliphatic rings. The summed E-state index contributed by atoms with van der Waals surface area (Å²) >= 11 is 0. The molecule has 0 rings (SSSR count). The van der Waals surface area contributed by atoms with Crippen LogP contribution in [0.3, 0.4) is 0 Å². The van der Waals surface area contributed by atoms with Crippen molar-refractivity contribution < 1.29 is 19.4 Å². The van der Waals surface area contributed by atoms with E-state index in [0.29, 0.717) is 6.61 Å². The van der Waals surface area contributed by atoms with E-state index in [9.17, 15) is 9.90 Å². The first kappa shape index (κ1) is 19.4. The predicted molar refractivity (Wildman–Crippen MR) is 80.5 cm³/mol. The van der Waals surface area contributed by atoms with Crippen molar-refractivity contribution in [2.24, 2.45) is 10.8 Å². The summed E-state index contributed by atoms with van der Waals surface area (Å²) in [6.07, 6.45) is 0.927. The van der Waals surface area contributed by atoms with Gasteiger partial charge in [-0.3, -0.25) is 4.79 Å². The first-order valence-electron chi connectivity index (χ1n) is 7.52. The summed E-state index contributed by atoms with van der Waals surface area (Å²) in [4.78, 5) is 11.6. The topological polar surface area (TPSA) is 55.8 Å². The summed E-state index contributed by atoms with van der Waals surface area (Å²) in [5, 5.41) is 9.97. The molecule has 0 aliphatic heterocycles. The van der Waals surface area contributed by atoms with Crippen molar-refractivity contribution in [3.8, 4) is 0 Å². The molecule has 0 aromatic heterocycles. The molecule has 0 saturated carbocycles. The largest absolute Gasteiger partial charge is 0.462 e. The molecule has 0 heterocycles. The van der Waals surface area contributed by atoms with Crippen LogP contribution in [0.5, 0.6) is 0 Å². The van der Waals surface area contributed by atoms with E-state index in [-0.39, 0.29) is 24.1 Å². The third kappa shape index (κ3) is 6.71. The molecule has 0 aromatic rings. The number of aliphatic hydroxyl groups excluding tert-OH is 1. The zero-order valence-corrected chi connectivity index (χ0v) is 14.2. The predicted octanol–water partition coefficient (Wildman–Crippen LogP) is 3.17. The highest BCUT2D eigenvalue weighted by Crippen LogP contribution is 2.26. The van der Waals surface area contributed by atoms with E-state index in [1.807, 2.05) is 0 Å². The Bertz CT molecular complexity index is 289. The van der Waals surface area contributed by atoms with Gasteiger partial charge in [-0.1, -0.05) is 20.8 Å². The Morgan fingerprint density at radius 2 is 1.65 bits per heavy atom. The average Bonchev–Trinajstić information content (AvgIpc) is 2.40. The molecule has 0 bridgehead atoms. The Hall–Kier alpha value is -0.610. The van der Waals surface area contributed by atoms with Gasteiger partial charge < -0.3 is 14.6 Å². The van der Waals surface area contributed by atoms with Gasteiger partial charge in [0.15, 0.2) is 0 Å². The molecule has 2 atom stereocenters. The Labute approximate surface area is 123 Å². The van der Waals surface area contributed by atoms with Crippen LogP contribution in [-0.4, -0.2) is 36.5 Å². The van der Waals surface area contributed by atoms with Gasteiger partial charge in [0.05, 0.1) is 18.1 Å². The smallest absolute Gasteiger partial charge is 0.311 e. The number of rotatable bonds is 8. The second-order valence-electron chi connectivity index (χ2n) is 6.95. The van der Waals surface area contributed by atoms with Gasteiger partial charge in [-0.2, -0.15) is 0 Å². The zero-order valence-electron chi connectivity index (χ0n) is 14.2. The van der Waals surface area contributed by atoms with Gasteiger partial charge in [-0.05, 0) is 46.0 Å². The number of aliphatic hydroxyl groups is 1. The molecule has 120 valence electrons. The standard InChI is InChI=1S/C16H32O4/c1-8-16(7,9-2)11-20-12(3)13(17)10-19-14(18)15(4,5)6/h12-13,17H,8-11H2,1-7H3. The van der Waals surface area contributed by atoms with Crippen LogP contribution in [0.1, 0.15) is 61.3 Å². The highest BCUT2D eigenvalue weighted by Gasteiger charge is 2.27. The van der Waals surface area contributed by atoms with E-state index in [1.54, 1.807) is 27.7 Å². The van der Waals surface area contributed by atoms with Crippen LogP contribution in [0.4, 0.5) is 0 Å². The van der Waals surface area contributed by atoms with E-state index in [4.69, 9.17) is 9.47 Å². The van der Waals surface area contributed by atoms with Gasteiger partial charge in [-0.15, -0.1) is 0 Å². The maximum absolute atomic E-state index is 11.6. The van der Waals surface area contributed by atoms with Crippen LogP contribution in [0.2, 0.25) is 0 Å². The molecule has 0 spiro atoms. The maximum Gasteiger partial charge on any atom is 0.311 e. The third-order valence-corrected chi connectivity index (χ3v) is 3.94. The maximum atomic E-state index is 11.6. The third-order valence-electron chi connectivity index (χ3n) is 3.94. The number of esters is 1. The second kappa shape index (κ2) is 7.99. The van der Waals surface area contributed by atoms with Crippen LogP contribution in [-0.2, 0) is 14.3 Å². The zero-order chi connectivity index (χ0) is 16.0. The number of carbonyl (C=O) groups is 1. The molecule has 4 heteroatoms. The molecular formula is C16H32O4. The summed E-state index contributed by atoms with van der Waals surface area (Å²) in [7, 11) is 0. The molecule has 0 amide bonds. The van der Waals surface area contributed by atoms with Crippen LogP contribution in [0.25, 0.3) is 0 Å². The number of hydrogen-bond acceptors (Lipinski definition) is 4. The molecule has 1 N–H and O–H groups in total. The molecule has 0 fully saturated rings. The average molecular weight is 288 g/mol. The van der Waals surface area contributed by atoms with Crippen LogP contribution >= 0.6 is 0 Å². The molecule has 0 radical (unpaired) electrons. The highest BCUT2D eigenvalue weighted by molar-refractivity contribution is 5.75. The summed E-state index contributed by atoms with van der Waals surface area (Å²) in [6.45, 7) is 14.2. The van der Waals surface area contributed by atoms with Crippen molar-refractivity contribution in [1.29, 1.82) is 0 Å². The van der Waals surface area contributed by atoms with Crippen molar-refractivity contribution in [3.05, 3.63) is 0 Å². The molecule has 4 nitrogen and oxygen atoms in total. The Kier molecular flexibility index (Phi) is 7.74. The minimum Gasteiger partial charge on any atom is -0.462 e. The van der Waals surface area contributed by atoms with E-state index in [0.717, 1.165) is 12.8 Å². The Morgan fingerprint density at radius 3 is 2.05 bits per heavy atom. The monoisotopic (exact) mass is 288 g/mol. The quantitative estimate of drug-likeness (QED) is 0.697. The van der Waals surface area contributed by atoms with Gasteiger partial charge in [0.2, 0.25) is 0 Å². The van der Waals surface area contributed by atoms with Crippen molar-refractivity contribution in [2.45, 2.75) is 73.5 Å². The van der Waals surface area contributed by atoms with Crippen molar-refractivity contribution >= 4 is 5.97 Å². The summed E-state index contributed by atoms with van der Waals surface area (Å²) < 4.78 is 10.8. The van der Waals surface area contributed by atoms with Gasteiger partial charge in [-0.25, -0.2) is 0 Å². The lowest BCUT2D eigenvalue weighted by molar-refractivity contribution is -0.159. The van der Waals surface area contributed by atoms with Gasteiger partial charge in [0.1, 0.15) is 12.7 Å². The van der Waals surface area contributed by atoms with E-state index in [1.165, 1.54) is 0 Å². The van der Waals surface area contributed by atoms with Gasteiger partial charge in [0.25, 0.3) is 0 Å². The summed E-state index contributed by atoms with van der Waals surface area (Å²) in [5.74, 6) is -0.310. The lowest BCUT2D eigenvalue weighted by atomic mass is 9.86. The second-order valence-corrected chi connectivity index (χ2v) is 6.95. The lowest BCUT2D eigenvalue weighted by Crippen LogP contribution is -2.36. The van der Waals surface area contributed by atoms with Gasteiger partial charge in [0, 0.05) is 0 Å². The van der Waals surface area contributed by atoms with Crippen LogP contribution in [0.15, 0.2) is 0 Å². The molecule has 0 aromatic carbocycles. The Morgan fingerprint density at radius 1 is 1.15 bits per heavy atom. The molecule has 20 heavy (non-hydrogen) atoms. The van der Waals surface area contributed by atoms with Gasteiger partial charge >= 0.3 is 5.97 Å². The molecule has 2 unspecified atom stereocenters. The van der Waals surface area contributed by atoms with Crippen molar-refractivity contribution in [1.82, 2.24) is 0 Å². The molecule has 0 aliphatic carbocycles. The number of ether oxygens (including phenoxy) is 2. The minimum absolute atomic E-state index is 0.0216.